The molecule has 4 rings (SSSR count). The van der Waals surface area contributed by atoms with Crippen molar-refractivity contribution in [1.82, 2.24) is 10.2 Å². The Kier molecular flexibility index (Phi) is 7.87. The molecule has 1 N–H and O–H groups in total. The van der Waals surface area contributed by atoms with E-state index in [4.69, 9.17) is 4.74 Å². The topological polar surface area (TPSA) is 58.6 Å². The SMILES string of the molecule is O=S(=O)(C1=CNC(C2(OCCCN3CCCCC3)CCCCC2)=CC=C1)c1ccccc1. The van der Waals surface area contributed by atoms with Crippen molar-refractivity contribution < 1.29 is 13.2 Å². The first-order chi connectivity index (χ1) is 15.6. The van der Waals surface area contributed by atoms with Crippen molar-refractivity contribution >= 4 is 9.84 Å². The van der Waals surface area contributed by atoms with Gasteiger partial charge in [-0.3, -0.25) is 0 Å². The predicted octanol–water partition coefficient (Wildman–Crippen LogP) is 4.94. The van der Waals surface area contributed by atoms with E-state index in [0.717, 1.165) is 51.0 Å². The van der Waals surface area contributed by atoms with Gasteiger partial charge in [0.05, 0.1) is 9.80 Å². The van der Waals surface area contributed by atoms with E-state index in [2.05, 4.69) is 10.2 Å². The summed E-state index contributed by atoms with van der Waals surface area (Å²) in [7, 11) is -3.56. The summed E-state index contributed by atoms with van der Waals surface area (Å²) >= 11 is 0. The minimum absolute atomic E-state index is 0.269. The predicted molar refractivity (Wildman–Crippen MR) is 129 cm³/mol. The third kappa shape index (κ3) is 5.53. The maximum atomic E-state index is 13.0. The summed E-state index contributed by atoms with van der Waals surface area (Å²) in [5.41, 5.74) is 0.622. The highest BCUT2D eigenvalue weighted by molar-refractivity contribution is 7.95. The van der Waals surface area contributed by atoms with Crippen molar-refractivity contribution in [3.05, 3.63) is 65.4 Å². The van der Waals surface area contributed by atoms with E-state index in [1.54, 1.807) is 36.5 Å². The standard InChI is InChI=1S/C26H36N2O3S/c29-32(30,23-12-4-1-5-13-23)24-14-10-15-25(27-22-24)26(16-6-2-7-17-26)31-21-11-20-28-18-8-3-9-19-28/h1,4-5,10,12-15,22,27H,2-3,6-9,11,16-21H2. The second-order valence-electron chi connectivity index (χ2n) is 9.11. The third-order valence-electron chi connectivity index (χ3n) is 6.85. The molecule has 0 atom stereocenters. The average molecular weight is 457 g/mol. The van der Waals surface area contributed by atoms with E-state index in [0.29, 0.717) is 4.90 Å². The van der Waals surface area contributed by atoms with Gasteiger partial charge in [-0.1, -0.05) is 50.0 Å². The highest BCUT2D eigenvalue weighted by atomic mass is 32.2. The molecule has 1 aromatic carbocycles. The van der Waals surface area contributed by atoms with E-state index in [1.807, 2.05) is 18.2 Å². The molecule has 174 valence electrons. The van der Waals surface area contributed by atoms with Crippen LogP contribution in [0.3, 0.4) is 0 Å². The number of sulfone groups is 1. The molecule has 0 radical (unpaired) electrons. The second-order valence-corrected chi connectivity index (χ2v) is 11.1. The zero-order valence-electron chi connectivity index (χ0n) is 19.0. The van der Waals surface area contributed by atoms with Gasteiger partial charge < -0.3 is 15.0 Å². The summed E-state index contributed by atoms with van der Waals surface area (Å²) in [6, 6.07) is 8.60. The Labute approximate surface area is 193 Å². The molecule has 0 aromatic heterocycles. The first-order valence-corrected chi connectivity index (χ1v) is 13.6. The highest BCUT2D eigenvalue weighted by Gasteiger charge is 2.37. The molecule has 1 saturated carbocycles. The fourth-order valence-electron chi connectivity index (χ4n) is 5.02. The minimum Gasteiger partial charge on any atom is -0.369 e. The van der Waals surface area contributed by atoms with Crippen molar-refractivity contribution in [3.63, 3.8) is 0 Å². The van der Waals surface area contributed by atoms with Gasteiger partial charge in [0.15, 0.2) is 0 Å². The van der Waals surface area contributed by atoms with Crippen molar-refractivity contribution in [2.45, 2.75) is 68.3 Å². The van der Waals surface area contributed by atoms with Crippen LogP contribution < -0.4 is 5.32 Å². The van der Waals surface area contributed by atoms with E-state index < -0.39 is 9.84 Å². The number of hydrogen-bond acceptors (Lipinski definition) is 5. The number of nitrogens with zero attached hydrogens (tertiary/aromatic N) is 1. The molecular weight excluding hydrogens is 420 g/mol. The van der Waals surface area contributed by atoms with Crippen LogP contribution in [0.2, 0.25) is 0 Å². The van der Waals surface area contributed by atoms with Crippen LogP contribution in [0, 0.1) is 0 Å². The maximum Gasteiger partial charge on any atom is 0.208 e. The maximum absolute atomic E-state index is 13.0. The molecule has 0 bridgehead atoms. The minimum atomic E-state index is -3.56. The molecule has 5 nitrogen and oxygen atoms in total. The number of hydrogen-bond donors (Lipinski definition) is 1. The van der Waals surface area contributed by atoms with Gasteiger partial charge >= 0.3 is 0 Å². The van der Waals surface area contributed by atoms with Crippen LogP contribution in [0.25, 0.3) is 0 Å². The summed E-state index contributed by atoms with van der Waals surface area (Å²) in [5, 5.41) is 3.33. The first-order valence-electron chi connectivity index (χ1n) is 12.1. The van der Waals surface area contributed by atoms with Gasteiger partial charge in [0.1, 0.15) is 5.60 Å². The lowest BCUT2D eigenvalue weighted by Crippen LogP contribution is -2.42. The normalized spacial score (nSPS) is 21.9. The van der Waals surface area contributed by atoms with Crippen LogP contribution in [0.4, 0.5) is 0 Å². The van der Waals surface area contributed by atoms with Crippen molar-refractivity contribution in [2.75, 3.05) is 26.2 Å². The lowest BCUT2D eigenvalue weighted by atomic mass is 9.81. The Morgan fingerprint density at radius 3 is 2.44 bits per heavy atom. The van der Waals surface area contributed by atoms with Crippen LogP contribution >= 0.6 is 0 Å². The Bertz CT molecular complexity index is 939. The lowest BCUT2D eigenvalue weighted by Gasteiger charge is -2.39. The van der Waals surface area contributed by atoms with Gasteiger partial charge in [0.25, 0.3) is 0 Å². The van der Waals surface area contributed by atoms with Crippen LogP contribution in [0.5, 0.6) is 0 Å². The molecule has 3 aliphatic rings. The van der Waals surface area contributed by atoms with Crippen LogP contribution in [-0.2, 0) is 14.6 Å². The number of rotatable bonds is 8. The van der Waals surface area contributed by atoms with Crippen molar-refractivity contribution in [3.8, 4) is 0 Å². The molecule has 0 amide bonds. The number of allylic oxidation sites excluding steroid dienone is 3. The molecule has 0 unspecified atom stereocenters. The molecule has 2 heterocycles. The van der Waals surface area contributed by atoms with Gasteiger partial charge in [-0.15, -0.1) is 0 Å². The molecule has 1 aliphatic carbocycles. The fourth-order valence-corrected chi connectivity index (χ4v) is 6.28. The van der Waals surface area contributed by atoms with Crippen molar-refractivity contribution in [2.24, 2.45) is 0 Å². The van der Waals surface area contributed by atoms with Gasteiger partial charge in [0, 0.05) is 25.0 Å². The Morgan fingerprint density at radius 1 is 0.969 bits per heavy atom. The number of ether oxygens (including phenoxy) is 1. The third-order valence-corrected chi connectivity index (χ3v) is 8.62. The highest BCUT2D eigenvalue weighted by Crippen LogP contribution is 2.37. The number of nitrogens with one attached hydrogen (secondary N) is 1. The molecular formula is C26H36N2O3S. The fraction of sp³-hybridized carbons (Fsp3) is 0.538. The smallest absolute Gasteiger partial charge is 0.208 e. The molecule has 32 heavy (non-hydrogen) atoms. The average Bonchev–Trinajstić information content (AvgIpc) is 3.11. The lowest BCUT2D eigenvalue weighted by molar-refractivity contribution is -0.0484. The van der Waals surface area contributed by atoms with E-state index in [1.165, 1.54) is 38.8 Å². The molecule has 2 aliphatic heterocycles. The van der Waals surface area contributed by atoms with E-state index in [-0.39, 0.29) is 10.5 Å². The number of likely N-dealkylation sites (tertiary alicyclic amines) is 1. The van der Waals surface area contributed by atoms with Crippen LogP contribution in [0.15, 0.2) is 70.3 Å². The molecule has 1 saturated heterocycles. The zero-order chi connectivity index (χ0) is 22.3. The first kappa shape index (κ1) is 23.3. The Balaban J connectivity index is 1.43. The zero-order valence-corrected chi connectivity index (χ0v) is 19.8. The summed E-state index contributed by atoms with van der Waals surface area (Å²) in [6.45, 7) is 4.26. The molecule has 6 heteroatoms. The summed E-state index contributed by atoms with van der Waals surface area (Å²) in [6.07, 6.45) is 17.6. The summed E-state index contributed by atoms with van der Waals surface area (Å²) in [5.74, 6) is 0. The van der Waals surface area contributed by atoms with Crippen molar-refractivity contribution in [1.29, 1.82) is 0 Å². The number of piperidine rings is 1. The molecule has 0 spiro atoms. The quantitative estimate of drug-likeness (QED) is 0.562. The molecule has 1 aromatic rings. The largest absolute Gasteiger partial charge is 0.369 e. The van der Waals surface area contributed by atoms with Gasteiger partial charge in [0.2, 0.25) is 9.84 Å². The molecule has 2 fully saturated rings. The van der Waals surface area contributed by atoms with Gasteiger partial charge in [-0.25, -0.2) is 8.42 Å². The van der Waals surface area contributed by atoms with Crippen LogP contribution in [-0.4, -0.2) is 45.2 Å². The van der Waals surface area contributed by atoms with E-state index >= 15 is 0 Å². The number of benzene rings is 1. The van der Waals surface area contributed by atoms with Gasteiger partial charge in [-0.2, -0.15) is 0 Å². The monoisotopic (exact) mass is 456 g/mol. The Morgan fingerprint density at radius 2 is 1.69 bits per heavy atom. The summed E-state index contributed by atoms with van der Waals surface area (Å²) in [4.78, 5) is 3.13. The summed E-state index contributed by atoms with van der Waals surface area (Å²) < 4.78 is 32.7. The second kappa shape index (κ2) is 10.8. The van der Waals surface area contributed by atoms with Gasteiger partial charge in [-0.05, 0) is 69.5 Å². The van der Waals surface area contributed by atoms with E-state index in [9.17, 15) is 8.42 Å². The van der Waals surface area contributed by atoms with Crippen LogP contribution in [0.1, 0.15) is 57.8 Å². The Hall–Kier alpha value is -1.89.